The van der Waals surface area contributed by atoms with E-state index in [1.807, 2.05) is 18.2 Å². The molecule has 1 N–H and O–H groups in total. The maximum atomic E-state index is 12.3. The Morgan fingerprint density at radius 1 is 1.43 bits per heavy atom. The maximum absolute atomic E-state index is 12.3. The molecule has 0 unspecified atom stereocenters. The molecule has 1 saturated heterocycles. The van der Waals surface area contributed by atoms with Gasteiger partial charge in [0.2, 0.25) is 10.0 Å². The van der Waals surface area contributed by atoms with Gasteiger partial charge in [0.15, 0.2) is 0 Å². The van der Waals surface area contributed by atoms with Crippen molar-refractivity contribution in [2.45, 2.75) is 25.0 Å². The van der Waals surface area contributed by atoms with Crippen molar-refractivity contribution in [2.24, 2.45) is 5.92 Å². The van der Waals surface area contributed by atoms with Gasteiger partial charge in [-0.2, -0.15) is 5.26 Å². The van der Waals surface area contributed by atoms with Crippen molar-refractivity contribution in [3.63, 3.8) is 0 Å². The van der Waals surface area contributed by atoms with Crippen LogP contribution in [0, 0.1) is 17.2 Å². The average molecular weight is 308 g/mol. The Morgan fingerprint density at radius 2 is 2.19 bits per heavy atom. The summed E-state index contributed by atoms with van der Waals surface area (Å²) < 4.78 is 32.7. The Hall–Kier alpha value is -1.42. The summed E-state index contributed by atoms with van der Waals surface area (Å²) in [5.74, 6) is -0.128. The SMILES string of the molecule is CCNS(=O)(=O)[C@@H]1CCOC[C@H]1Cc1ccccc1C#N. The fourth-order valence-electron chi connectivity index (χ4n) is 2.77. The highest BCUT2D eigenvalue weighted by molar-refractivity contribution is 7.90. The highest BCUT2D eigenvalue weighted by Gasteiger charge is 2.35. The van der Waals surface area contributed by atoms with Crippen molar-refractivity contribution >= 4 is 10.0 Å². The number of nitrogens with zero attached hydrogens (tertiary/aromatic N) is 1. The van der Waals surface area contributed by atoms with Crippen LogP contribution in [-0.4, -0.2) is 33.4 Å². The highest BCUT2D eigenvalue weighted by Crippen LogP contribution is 2.26. The molecule has 2 atom stereocenters. The van der Waals surface area contributed by atoms with E-state index in [1.165, 1.54) is 0 Å². The van der Waals surface area contributed by atoms with E-state index in [0.29, 0.717) is 38.2 Å². The predicted octanol–water partition coefficient (Wildman–Crippen LogP) is 1.45. The second kappa shape index (κ2) is 7.03. The van der Waals surface area contributed by atoms with E-state index >= 15 is 0 Å². The molecule has 1 aromatic carbocycles. The molecule has 0 amide bonds. The van der Waals surface area contributed by atoms with Gasteiger partial charge in [-0.05, 0) is 24.5 Å². The molecule has 1 aromatic rings. The first-order chi connectivity index (χ1) is 10.1. The Morgan fingerprint density at radius 3 is 2.90 bits per heavy atom. The number of hydrogen-bond donors (Lipinski definition) is 1. The Labute approximate surface area is 126 Å². The average Bonchev–Trinajstić information content (AvgIpc) is 2.48. The minimum absolute atomic E-state index is 0.128. The van der Waals surface area contributed by atoms with Gasteiger partial charge in [0, 0.05) is 19.1 Å². The summed E-state index contributed by atoms with van der Waals surface area (Å²) in [5.41, 5.74) is 1.48. The highest BCUT2D eigenvalue weighted by atomic mass is 32.2. The standard InChI is InChI=1S/C15H20N2O3S/c1-2-17-21(18,19)15-7-8-20-11-14(15)9-12-5-3-4-6-13(12)10-16/h3-6,14-15,17H,2,7-9,11H2,1H3/t14-,15-/m1/s1. The van der Waals surface area contributed by atoms with E-state index in [1.54, 1.807) is 13.0 Å². The molecule has 21 heavy (non-hydrogen) atoms. The van der Waals surface area contributed by atoms with Crippen molar-refractivity contribution in [3.05, 3.63) is 35.4 Å². The third-order valence-corrected chi connectivity index (χ3v) is 5.88. The van der Waals surface area contributed by atoms with E-state index in [4.69, 9.17) is 10.00 Å². The number of rotatable bonds is 5. The van der Waals surface area contributed by atoms with E-state index < -0.39 is 15.3 Å². The minimum Gasteiger partial charge on any atom is -0.381 e. The van der Waals surface area contributed by atoms with Gasteiger partial charge < -0.3 is 4.74 Å². The van der Waals surface area contributed by atoms with E-state index in [-0.39, 0.29) is 5.92 Å². The molecule has 0 saturated carbocycles. The second-order valence-electron chi connectivity index (χ2n) is 5.18. The third-order valence-electron chi connectivity index (χ3n) is 3.77. The Balaban J connectivity index is 2.22. The number of sulfonamides is 1. The fourth-order valence-corrected chi connectivity index (χ4v) is 4.48. The molecule has 0 spiro atoms. The normalized spacial score (nSPS) is 22.7. The van der Waals surface area contributed by atoms with Crippen LogP contribution in [0.2, 0.25) is 0 Å². The van der Waals surface area contributed by atoms with Gasteiger partial charge in [0.05, 0.1) is 23.5 Å². The lowest BCUT2D eigenvalue weighted by atomic mass is 9.91. The Bertz CT molecular complexity index is 622. The first kappa shape index (κ1) is 16.0. The summed E-state index contributed by atoms with van der Waals surface area (Å²) in [5, 5.41) is 8.69. The second-order valence-corrected chi connectivity index (χ2v) is 7.16. The molecule has 0 bridgehead atoms. The molecule has 2 rings (SSSR count). The summed E-state index contributed by atoms with van der Waals surface area (Å²) in [6, 6.07) is 9.47. The minimum atomic E-state index is -3.34. The number of nitriles is 1. The zero-order valence-corrected chi connectivity index (χ0v) is 12.9. The summed E-state index contributed by atoms with van der Waals surface area (Å²) in [6.07, 6.45) is 1.04. The molecule has 114 valence electrons. The number of ether oxygens (including phenoxy) is 1. The summed E-state index contributed by atoms with van der Waals surface area (Å²) in [6.45, 7) is 3.04. The van der Waals surface area contributed by atoms with E-state index in [0.717, 1.165) is 5.56 Å². The van der Waals surface area contributed by atoms with Crippen LogP contribution in [0.5, 0.6) is 0 Å². The summed E-state index contributed by atoms with van der Waals surface area (Å²) in [4.78, 5) is 0. The molecule has 6 heteroatoms. The quantitative estimate of drug-likeness (QED) is 0.893. The zero-order valence-electron chi connectivity index (χ0n) is 12.1. The van der Waals surface area contributed by atoms with Gasteiger partial charge in [-0.15, -0.1) is 0 Å². The third kappa shape index (κ3) is 3.82. The lowest BCUT2D eigenvalue weighted by Gasteiger charge is -2.31. The van der Waals surface area contributed by atoms with Crippen LogP contribution in [0.4, 0.5) is 0 Å². The monoisotopic (exact) mass is 308 g/mol. The van der Waals surface area contributed by atoms with Gasteiger partial charge >= 0.3 is 0 Å². The molecular weight excluding hydrogens is 288 g/mol. The maximum Gasteiger partial charge on any atom is 0.214 e. The van der Waals surface area contributed by atoms with E-state index in [2.05, 4.69) is 10.8 Å². The first-order valence-corrected chi connectivity index (χ1v) is 8.67. The van der Waals surface area contributed by atoms with Crippen molar-refractivity contribution in [3.8, 4) is 6.07 Å². The summed E-state index contributed by atoms with van der Waals surface area (Å²) in [7, 11) is -3.34. The molecule has 1 aliphatic heterocycles. The van der Waals surface area contributed by atoms with Crippen molar-refractivity contribution in [1.29, 1.82) is 5.26 Å². The van der Waals surface area contributed by atoms with Crippen LogP contribution in [0.3, 0.4) is 0 Å². The Kier molecular flexibility index (Phi) is 5.34. The largest absolute Gasteiger partial charge is 0.381 e. The van der Waals surface area contributed by atoms with Crippen molar-refractivity contribution < 1.29 is 13.2 Å². The van der Waals surface area contributed by atoms with Crippen LogP contribution in [0.1, 0.15) is 24.5 Å². The lowest BCUT2D eigenvalue weighted by molar-refractivity contribution is 0.0570. The molecule has 5 nitrogen and oxygen atoms in total. The van der Waals surface area contributed by atoms with Crippen molar-refractivity contribution in [1.82, 2.24) is 4.72 Å². The number of hydrogen-bond acceptors (Lipinski definition) is 4. The van der Waals surface area contributed by atoms with Crippen LogP contribution >= 0.6 is 0 Å². The molecular formula is C15H20N2O3S. The van der Waals surface area contributed by atoms with Gasteiger partial charge in [-0.1, -0.05) is 25.1 Å². The molecule has 0 radical (unpaired) electrons. The smallest absolute Gasteiger partial charge is 0.214 e. The van der Waals surface area contributed by atoms with Crippen LogP contribution in [-0.2, 0) is 21.2 Å². The van der Waals surface area contributed by atoms with Gasteiger partial charge in [-0.25, -0.2) is 13.1 Å². The first-order valence-electron chi connectivity index (χ1n) is 7.12. The van der Waals surface area contributed by atoms with E-state index in [9.17, 15) is 8.42 Å². The van der Waals surface area contributed by atoms with Crippen LogP contribution in [0.15, 0.2) is 24.3 Å². The van der Waals surface area contributed by atoms with Crippen LogP contribution in [0.25, 0.3) is 0 Å². The molecule has 1 aliphatic rings. The topological polar surface area (TPSA) is 79.2 Å². The molecule has 1 fully saturated rings. The van der Waals surface area contributed by atoms with Gasteiger partial charge in [0.25, 0.3) is 0 Å². The van der Waals surface area contributed by atoms with Crippen molar-refractivity contribution in [2.75, 3.05) is 19.8 Å². The molecule has 0 aliphatic carbocycles. The number of nitrogens with one attached hydrogen (secondary N) is 1. The summed E-state index contributed by atoms with van der Waals surface area (Å²) >= 11 is 0. The molecule has 1 heterocycles. The molecule has 0 aromatic heterocycles. The zero-order chi connectivity index (χ0) is 15.3. The lowest BCUT2D eigenvalue weighted by Crippen LogP contribution is -2.44. The predicted molar refractivity (Wildman–Crippen MR) is 80.2 cm³/mol. The fraction of sp³-hybridized carbons (Fsp3) is 0.533. The van der Waals surface area contributed by atoms with Gasteiger partial charge in [0.1, 0.15) is 0 Å². The number of benzene rings is 1. The van der Waals surface area contributed by atoms with Crippen LogP contribution < -0.4 is 4.72 Å². The van der Waals surface area contributed by atoms with Gasteiger partial charge in [-0.3, -0.25) is 0 Å².